The van der Waals surface area contributed by atoms with Gasteiger partial charge in [-0.25, -0.2) is 9.59 Å². The molecule has 0 aromatic heterocycles. The number of carbonyl (C=O) groups is 2. The second kappa shape index (κ2) is 8.59. The van der Waals surface area contributed by atoms with E-state index in [2.05, 4.69) is 5.32 Å². The number of benzene rings is 1. The fraction of sp³-hybridized carbons (Fsp3) is 0.333. The van der Waals surface area contributed by atoms with Crippen LogP contribution >= 0.6 is 11.8 Å². The Hall–Kier alpha value is -2.21. The Bertz CT molecular complexity index is 667. The van der Waals surface area contributed by atoms with Crippen molar-refractivity contribution in [1.82, 2.24) is 5.32 Å². The Labute approximate surface area is 146 Å². The van der Waals surface area contributed by atoms with Crippen molar-refractivity contribution < 1.29 is 19.1 Å². The first kappa shape index (κ1) is 18.1. The first-order valence-electron chi connectivity index (χ1n) is 7.85. The van der Waals surface area contributed by atoms with Crippen LogP contribution in [-0.4, -0.2) is 30.4 Å². The highest BCUT2D eigenvalue weighted by Crippen LogP contribution is 2.36. The van der Waals surface area contributed by atoms with Gasteiger partial charge in [-0.05, 0) is 26.3 Å². The summed E-state index contributed by atoms with van der Waals surface area (Å²) >= 11 is 1.39. The number of ether oxygens (including phenoxy) is 2. The van der Waals surface area contributed by atoms with E-state index < -0.39 is 5.97 Å². The zero-order valence-electron chi connectivity index (χ0n) is 14.0. The summed E-state index contributed by atoms with van der Waals surface area (Å²) in [6.07, 6.45) is 1.41. The summed E-state index contributed by atoms with van der Waals surface area (Å²) in [5.41, 5.74) is 2.09. The summed E-state index contributed by atoms with van der Waals surface area (Å²) in [6, 6.07) is 9.52. The first-order chi connectivity index (χ1) is 11.6. The Kier molecular flexibility index (Phi) is 6.49. The van der Waals surface area contributed by atoms with Crippen LogP contribution in [0.4, 0.5) is 0 Å². The molecule has 0 amide bonds. The van der Waals surface area contributed by atoms with Crippen molar-refractivity contribution in [2.75, 3.05) is 13.2 Å². The summed E-state index contributed by atoms with van der Waals surface area (Å²) < 4.78 is 10.2. The predicted octanol–water partition coefficient (Wildman–Crippen LogP) is 3.09. The molecule has 2 rings (SSSR count). The molecular weight excluding hydrogens is 326 g/mol. The lowest BCUT2D eigenvalue weighted by Gasteiger charge is -2.27. The van der Waals surface area contributed by atoms with Gasteiger partial charge in [0.05, 0.1) is 35.6 Å². The predicted molar refractivity (Wildman–Crippen MR) is 94.9 cm³/mol. The average molecular weight is 347 g/mol. The standard InChI is InChI=1S/C18H21NO4S/c1-4-22-15(20)11-14-19-17(13-9-7-6-8-10-13)16(12(3)24-14)18(21)23-5-2/h6-12,19H,4-5H2,1-3H3/b14-11+. The van der Waals surface area contributed by atoms with Crippen LogP contribution in [0.3, 0.4) is 0 Å². The maximum absolute atomic E-state index is 12.4. The molecule has 1 aliphatic rings. The van der Waals surface area contributed by atoms with Crippen LogP contribution in [0.5, 0.6) is 0 Å². The quantitative estimate of drug-likeness (QED) is 0.652. The van der Waals surface area contributed by atoms with Crippen LogP contribution in [0.1, 0.15) is 26.3 Å². The van der Waals surface area contributed by atoms with Crippen LogP contribution in [-0.2, 0) is 19.1 Å². The SMILES string of the molecule is CCOC(=O)/C=C1\NC(c2ccccc2)=C(C(=O)OCC)C(C)S1. The molecule has 1 N–H and O–H groups in total. The number of carbonyl (C=O) groups excluding carboxylic acids is 2. The van der Waals surface area contributed by atoms with E-state index in [1.165, 1.54) is 17.8 Å². The Morgan fingerprint density at radius 3 is 2.46 bits per heavy atom. The van der Waals surface area contributed by atoms with Crippen molar-refractivity contribution in [3.8, 4) is 0 Å². The summed E-state index contributed by atoms with van der Waals surface area (Å²) in [6.45, 7) is 6.08. The second-order valence-electron chi connectivity index (χ2n) is 5.02. The van der Waals surface area contributed by atoms with Gasteiger partial charge in [-0.15, -0.1) is 0 Å². The van der Waals surface area contributed by atoms with E-state index in [0.29, 0.717) is 29.5 Å². The molecule has 0 saturated carbocycles. The van der Waals surface area contributed by atoms with Crippen LogP contribution in [0, 0.1) is 0 Å². The van der Waals surface area contributed by atoms with Crippen LogP contribution in [0.15, 0.2) is 47.0 Å². The highest BCUT2D eigenvalue weighted by atomic mass is 32.2. The van der Waals surface area contributed by atoms with Gasteiger partial charge in [0.2, 0.25) is 0 Å². The van der Waals surface area contributed by atoms with E-state index in [0.717, 1.165) is 5.56 Å². The second-order valence-corrected chi connectivity index (χ2v) is 6.40. The number of nitrogens with one attached hydrogen (secondary N) is 1. The minimum Gasteiger partial charge on any atom is -0.463 e. The van der Waals surface area contributed by atoms with E-state index in [9.17, 15) is 9.59 Å². The summed E-state index contributed by atoms with van der Waals surface area (Å²) in [5, 5.41) is 3.68. The lowest BCUT2D eigenvalue weighted by Crippen LogP contribution is -2.28. The largest absolute Gasteiger partial charge is 0.463 e. The summed E-state index contributed by atoms with van der Waals surface area (Å²) in [4.78, 5) is 24.1. The molecule has 1 unspecified atom stereocenters. The van der Waals surface area contributed by atoms with Gasteiger partial charge in [-0.1, -0.05) is 42.1 Å². The number of thioether (sulfide) groups is 1. The Morgan fingerprint density at radius 2 is 1.83 bits per heavy atom. The molecule has 1 aromatic rings. The topological polar surface area (TPSA) is 64.6 Å². The third kappa shape index (κ3) is 4.41. The molecule has 0 fully saturated rings. The van der Waals surface area contributed by atoms with Crippen molar-refractivity contribution in [3.63, 3.8) is 0 Å². The third-order valence-electron chi connectivity index (χ3n) is 3.32. The molecule has 0 saturated heterocycles. The van der Waals surface area contributed by atoms with Crippen LogP contribution in [0.2, 0.25) is 0 Å². The zero-order chi connectivity index (χ0) is 17.5. The summed E-state index contributed by atoms with van der Waals surface area (Å²) in [5.74, 6) is -0.759. The van der Waals surface area contributed by atoms with E-state index in [1.807, 2.05) is 37.3 Å². The molecule has 24 heavy (non-hydrogen) atoms. The van der Waals surface area contributed by atoms with Gasteiger partial charge in [0.1, 0.15) is 0 Å². The molecule has 0 aliphatic carbocycles. The Balaban J connectivity index is 2.43. The van der Waals surface area contributed by atoms with Crippen molar-refractivity contribution >= 4 is 29.4 Å². The number of hydrogen-bond acceptors (Lipinski definition) is 6. The molecule has 0 radical (unpaired) electrons. The number of hydrogen-bond donors (Lipinski definition) is 1. The van der Waals surface area contributed by atoms with Gasteiger partial charge in [-0.2, -0.15) is 0 Å². The molecule has 1 heterocycles. The summed E-state index contributed by atoms with van der Waals surface area (Å²) in [7, 11) is 0. The molecule has 6 heteroatoms. The van der Waals surface area contributed by atoms with Gasteiger partial charge in [0, 0.05) is 5.25 Å². The van der Waals surface area contributed by atoms with Gasteiger partial charge in [0.15, 0.2) is 0 Å². The first-order valence-corrected chi connectivity index (χ1v) is 8.73. The fourth-order valence-corrected chi connectivity index (χ4v) is 3.38. The van der Waals surface area contributed by atoms with Crippen molar-refractivity contribution in [3.05, 3.63) is 52.6 Å². The fourth-order valence-electron chi connectivity index (χ4n) is 2.34. The van der Waals surface area contributed by atoms with E-state index in [-0.39, 0.29) is 11.2 Å². The Morgan fingerprint density at radius 1 is 1.17 bits per heavy atom. The minimum atomic E-state index is -0.410. The van der Waals surface area contributed by atoms with E-state index in [4.69, 9.17) is 9.47 Å². The smallest absolute Gasteiger partial charge is 0.337 e. The lowest BCUT2D eigenvalue weighted by atomic mass is 10.0. The van der Waals surface area contributed by atoms with Gasteiger partial charge in [-0.3, -0.25) is 0 Å². The maximum Gasteiger partial charge on any atom is 0.337 e. The van der Waals surface area contributed by atoms with Gasteiger partial charge < -0.3 is 14.8 Å². The zero-order valence-corrected chi connectivity index (χ0v) is 14.8. The molecular formula is C18H21NO4S. The van der Waals surface area contributed by atoms with Crippen molar-refractivity contribution in [1.29, 1.82) is 0 Å². The highest BCUT2D eigenvalue weighted by molar-refractivity contribution is 8.03. The molecule has 0 spiro atoms. The maximum atomic E-state index is 12.4. The molecule has 0 bridgehead atoms. The monoisotopic (exact) mass is 347 g/mol. The molecule has 5 nitrogen and oxygen atoms in total. The number of esters is 2. The van der Waals surface area contributed by atoms with E-state index >= 15 is 0 Å². The molecule has 1 aliphatic heterocycles. The lowest BCUT2D eigenvalue weighted by molar-refractivity contribution is -0.138. The molecule has 1 aromatic carbocycles. The van der Waals surface area contributed by atoms with Crippen LogP contribution < -0.4 is 5.32 Å². The van der Waals surface area contributed by atoms with Gasteiger partial charge in [0.25, 0.3) is 0 Å². The van der Waals surface area contributed by atoms with Gasteiger partial charge >= 0.3 is 11.9 Å². The number of rotatable bonds is 5. The molecule has 1 atom stereocenters. The molecule has 128 valence electrons. The van der Waals surface area contributed by atoms with Crippen molar-refractivity contribution in [2.24, 2.45) is 0 Å². The van der Waals surface area contributed by atoms with E-state index in [1.54, 1.807) is 13.8 Å². The highest BCUT2D eigenvalue weighted by Gasteiger charge is 2.30. The minimum absolute atomic E-state index is 0.152. The normalized spacial score (nSPS) is 19.0. The average Bonchev–Trinajstić information content (AvgIpc) is 2.55. The third-order valence-corrected chi connectivity index (χ3v) is 4.38. The van der Waals surface area contributed by atoms with Crippen molar-refractivity contribution in [2.45, 2.75) is 26.0 Å². The van der Waals surface area contributed by atoms with Crippen LogP contribution in [0.25, 0.3) is 5.70 Å².